The molecule has 0 saturated heterocycles. The molecule has 0 atom stereocenters. The second-order valence-electron chi connectivity index (χ2n) is 4.04. The third-order valence-corrected chi connectivity index (χ3v) is 4.19. The fraction of sp³-hybridized carbons (Fsp3) is 0.231. The van der Waals surface area contributed by atoms with E-state index >= 15 is 0 Å². The Hall–Kier alpha value is -0.970. The van der Waals surface area contributed by atoms with Crippen molar-refractivity contribution < 1.29 is 13.2 Å². The second-order valence-corrected chi connectivity index (χ2v) is 7.34. The Morgan fingerprint density at radius 2 is 1.74 bits per heavy atom. The number of rotatable bonds is 5. The molecule has 0 aliphatic heterocycles. The summed E-state index contributed by atoms with van der Waals surface area (Å²) in [7, 11) is 1.67. The minimum absolute atomic E-state index is 0.0971. The van der Waals surface area contributed by atoms with Gasteiger partial charge in [-0.05, 0) is 18.6 Å². The molecule has 0 heterocycles. The Labute approximate surface area is 121 Å². The smallest absolute Gasteiger partial charge is 0.232 e. The fourth-order valence-corrected chi connectivity index (χ4v) is 2.79. The van der Waals surface area contributed by atoms with Crippen molar-refractivity contribution in [3.05, 3.63) is 41.4 Å². The van der Waals surface area contributed by atoms with Gasteiger partial charge in [0.25, 0.3) is 0 Å². The molecule has 6 heteroatoms. The van der Waals surface area contributed by atoms with Crippen LogP contribution in [0.3, 0.4) is 0 Å². The van der Waals surface area contributed by atoms with Gasteiger partial charge in [-0.25, -0.2) is 8.42 Å². The summed E-state index contributed by atoms with van der Waals surface area (Å²) in [5.74, 6) is 0.590. The maximum Gasteiger partial charge on any atom is 0.232 e. The van der Waals surface area contributed by atoms with Crippen molar-refractivity contribution in [2.75, 3.05) is 12.4 Å². The van der Waals surface area contributed by atoms with Crippen LogP contribution in [0, 0.1) is 0 Å². The zero-order valence-electron chi connectivity index (χ0n) is 9.97. The van der Waals surface area contributed by atoms with Crippen LogP contribution in [0.1, 0.15) is 6.42 Å². The summed E-state index contributed by atoms with van der Waals surface area (Å²) < 4.78 is 27.2. The average molecular weight is 319 g/mol. The van der Waals surface area contributed by atoms with Crippen molar-refractivity contribution in [3.63, 3.8) is 0 Å². The molecule has 0 radical (unpaired) electrons. The minimum Gasteiger partial charge on any atom is -0.493 e. The lowest BCUT2D eigenvalue weighted by molar-refractivity contribution is 0.321. The highest BCUT2D eigenvalue weighted by atomic mass is 35.7. The summed E-state index contributed by atoms with van der Waals surface area (Å²) in [6, 6.07) is 11.2. The van der Waals surface area contributed by atoms with Gasteiger partial charge >= 0.3 is 0 Å². The number of ether oxygens (including phenoxy) is 1. The van der Waals surface area contributed by atoms with Crippen LogP contribution < -0.4 is 4.74 Å². The van der Waals surface area contributed by atoms with E-state index in [-0.39, 0.29) is 12.4 Å². The molecule has 3 nitrogen and oxygen atoms in total. The lowest BCUT2D eigenvalue weighted by Crippen LogP contribution is -2.05. The summed E-state index contributed by atoms with van der Waals surface area (Å²) in [5, 5.41) is 2.47. The minimum atomic E-state index is -3.46. The highest BCUT2D eigenvalue weighted by Crippen LogP contribution is 2.31. The molecular formula is C13H12Cl2O3S. The van der Waals surface area contributed by atoms with Crippen LogP contribution in [0.25, 0.3) is 10.8 Å². The van der Waals surface area contributed by atoms with E-state index in [9.17, 15) is 8.42 Å². The van der Waals surface area contributed by atoms with Gasteiger partial charge in [-0.2, -0.15) is 0 Å². The first-order valence-corrected chi connectivity index (χ1v) is 8.55. The predicted octanol–water partition coefficient (Wildman–Crippen LogP) is 3.83. The van der Waals surface area contributed by atoms with E-state index < -0.39 is 9.05 Å². The van der Waals surface area contributed by atoms with Gasteiger partial charge in [0.2, 0.25) is 9.05 Å². The van der Waals surface area contributed by atoms with Crippen LogP contribution in [0.15, 0.2) is 36.4 Å². The van der Waals surface area contributed by atoms with Crippen LogP contribution in [0.2, 0.25) is 5.02 Å². The van der Waals surface area contributed by atoms with Crippen molar-refractivity contribution >= 4 is 42.1 Å². The first kappa shape index (κ1) is 14.4. The molecule has 0 saturated carbocycles. The summed E-state index contributed by atoms with van der Waals surface area (Å²) in [5.41, 5.74) is 0. The monoisotopic (exact) mass is 318 g/mol. The van der Waals surface area contributed by atoms with Crippen LogP contribution in [-0.2, 0) is 9.05 Å². The fourth-order valence-electron chi connectivity index (χ4n) is 1.77. The van der Waals surface area contributed by atoms with Gasteiger partial charge in [0.15, 0.2) is 0 Å². The number of hydrogen-bond donors (Lipinski definition) is 0. The maximum absolute atomic E-state index is 10.8. The number of fused-ring (bicyclic) bond motifs is 1. The summed E-state index contributed by atoms with van der Waals surface area (Å²) in [6.07, 6.45) is 0.350. The third kappa shape index (κ3) is 4.00. The van der Waals surface area contributed by atoms with Gasteiger partial charge in [0.05, 0.1) is 12.4 Å². The van der Waals surface area contributed by atoms with Crippen LogP contribution >= 0.6 is 22.3 Å². The summed E-state index contributed by atoms with van der Waals surface area (Å²) >= 11 is 6.10. The van der Waals surface area contributed by atoms with E-state index in [4.69, 9.17) is 27.0 Å². The topological polar surface area (TPSA) is 43.4 Å². The van der Waals surface area contributed by atoms with Crippen LogP contribution in [0.5, 0.6) is 5.75 Å². The molecule has 0 amide bonds. The molecule has 0 spiro atoms. The van der Waals surface area contributed by atoms with Crippen molar-refractivity contribution in [2.45, 2.75) is 6.42 Å². The normalized spacial score (nSPS) is 11.7. The van der Waals surface area contributed by atoms with E-state index in [0.29, 0.717) is 17.2 Å². The van der Waals surface area contributed by atoms with Crippen molar-refractivity contribution in [3.8, 4) is 5.75 Å². The molecule has 2 aromatic carbocycles. The average Bonchev–Trinajstić information content (AvgIpc) is 2.36. The summed E-state index contributed by atoms with van der Waals surface area (Å²) in [6.45, 7) is 0.289. The number of benzene rings is 2. The van der Waals surface area contributed by atoms with E-state index in [1.54, 1.807) is 12.1 Å². The molecule has 2 aromatic rings. The van der Waals surface area contributed by atoms with Crippen molar-refractivity contribution in [2.24, 2.45) is 0 Å². The van der Waals surface area contributed by atoms with Gasteiger partial charge < -0.3 is 4.74 Å². The molecule has 0 unspecified atom stereocenters. The van der Waals surface area contributed by atoms with E-state index in [1.165, 1.54) is 0 Å². The Bertz CT molecular complexity index is 683. The SMILES string of the molecule is O=S(=O)(Cl)CCCOc1ccc(Cl)c2ccccc12. The van der Waals surface area contributed by atoms with Gasteiger partial charge in [-0.3, -0.25) is 0 Å². The molecule has 0 aliphatic carbocycles. The highest BCUT2D eigenvalue weighted by Gasteiger charge is 2.07. The lowest BCUT2D eigenvalue weighted by atomic mass is 10.1. The first-order chi connectivity index (χ1) is 8.97. The molecule has 102 valence electrons. The molecule has 0 fully saturated rings. The first-order valence-electron chi connectivity index (χ1n) is 5.70. The quantitative estimate of drug-likeness (QED) is 0.621. The van der Waals surface area contributed by atoms with E-state index in [1.807, 2.05) is 24.3 Å². The Kier molecular flexibility index (Phi) is 4.55. The zero-order valence-corrected chi connectivity index (χ0v) is 12.3. The van der Waals surface area contributed by atoms with Crippen molar-refractivity contribution in [1.29, 1.82) is 0 Å². The molecule has 2 rings (SSSR count). The summed E-state index contributed by atoms with van der Waals surface area (Å²) in [4.78, 5) is 0. The molecule has 0 aliphatic rings. The van der Waals surface area contributed by atoms with Gasteiger partial charge in [-0.1, -0.05) is 35.9 Å². The predicted molar refractivity (Wildman–Crippen MR) is 78.7 cm³/mol. The highest BCUT2D eigenvalue weighted by molar-refractivity contribution is 8.13. The second kappa shape index (κ2) is 5.99. The van der Waals surface area contributed by atoms with E-state index in [0.717, 1.165) is 10.8 Å². The third-order valence-electron chi connectivity index (χ3n) is 2.62. The molecule has 19 heavy (non-hydrogen) atoms. The largest absolute Gasteiger partial charge is 0.493 e. The molecular weight excluding hydrogens is 307 g/mol. The van der Waals surface area contributed by atoms with Gasteiger partial charge in [0.1, 0.15) is 5.75 Å². The number of halogens is 2. The molecule has 0 N–H and O–H groups in total. The van der Waals surface area contributed by atoms with Crippen LogP contribution in [0.4, 0.5) is 0 Å². The Morgan fingerprint density at radius 1 is 1.05 bits per heavy atom. The van der Waals surface area contributed by atoms with Crippen molar-refractivity contribution in [1.82, 2.24) is 0 Å². The molecule has 0 bridgehead atoms. The Morgan fingerprint density at radius 3 is 2.42 bits per heavy atom. The Balaban J connectivity index is 2.11. The standard InChI is InChI=1S/C13H12Cl2O3S/c14-12-6-7-13(11-5-2-1-4-10(11)12)18-8-3-9-19(15,16)17/h1-2,4-7H,3,8-9H2. The zero-order chi connectivity index (χ0) is 13.9. The molecule has 0 aromatic heterocycles. The van der Waals surface area contributed by atoms with E-state index in [2.05, 4.69) is 0 Å². The lowest BCUT2D eigenvalue weighted by Gasteiger charge is -2.09. The number of hydrogen-bond acceptors (Lipinski definition) is 3. The van der Waals surface area contributed by atoms with Gasteiger partial charge in [-0.15, -0.1) is 0 Å². The maximum atomic E-state index is 10.8. The van der Waals surface area contributed by atoms with Crippen LogP contribution in [-0.4, -0.2) is 20.8 Å². The van der Waals surface area contributed by atoms with Gasteiger partial charge in [0, 0.05) is 26.5 Å².